The van der Waals surface area contributed by atoms with Crippen LogP contribution in [0.25, 0.3) is 0 Å². The van der Waals surface area contributed by atoms with Crippen molar-refractivity contribution in [1.29, 1.82) is 0 Å². The number of hydrogen-bond acceptors (Lipinski definition) is 9. The van der Waals surface area contributed by atoms with E-state index in [4.69, 9.17) is 18.5 Å². The zero-order valence-electron chi connectivity index (χ0n) is 21.0. The monoisotopic (exact) mass is 543 g/mol. The third kappa shape index (κ3) is 6.74. The van der Waals surface area contributed by atoms with E-state index in [1.54, 1.807) is 32.0 Å². The molecule has 1 saturated heterocycles. The summed E-state index contributed by atoms with van der Waals surface area (Å²) in [6, 6.07) is 6.87. The van der Waals surface area contributed by atoms with E-state index in [0.717, 1.165) is 17.7 Å². The minimum absolute atomic E-state index is 0.125. The van der Waals surface area contributed by atoms with E-state index in [2.05, 4.69) is 10.1 Å². The van der Waals surface area contributed by atoms with Gasteiger partial charge in [0.05, 0.1) is 12.7 Å². The van der Waals surface area contributed by atoms with Gasteiger partial charge in [-0.1, -0.05) is 18.2 Å². The maximum Gasteiger partial charge on any atom is 0.459 e. The number of aryl methyl sites for hydroxylation is 1. The molecule has 2 aromatic rings. The fraction of sp³-hybridized carbons (Fsp3) is 0.522. The first kappa shape index (κ1) is 28.7. The van der Waals surface area contributed by atoms with Gasteiger partial charge < -0.3 is 19.1 Å². The van der Waals surface area contributed by atoms with Gasteiger partial charge in [0.25, 0.3) is 5.56 Å². The molecule has 6 unspecified atom stereocenters. The Morgan fingerprint density at radius 3 is 2.57 bits per heavy atom. The van der Waals surface area contributed by atoms with Crippen molar-refractivity contribution < 1.29 is 37.4 Å². The highest BCUT2D eigenvalue weighted by Gasteiger charge is 2.56. The zero-order valence-corrected chi connectivity index (χ0v) is 21.9. The van der Waals surface area contributed by atoms with Gasteiger partial charge in [0, 0.05) is 11.8 Å². The first-order valence-electron chi connectivity index (χ1n) is 11.6. The topological polar surface area (TPSA) is 158 Å². The third-order valence-corrected chi connectivity index (χ3v) is 7.19. The smallest absolute Gasteiger partial charge is 0.459 e. The lowest BCUT2D eigenvalue weighted by molar-refractivity contribution is -0.149. The molecular formula is C23H31FN3O9P. The van der Waals surface area contributed by atoms with Gasteiger partial charge in [-0.15, -0.1) is 0 Å². The number of esters is 1. The molecule has 1 aliphatic rings. The van der Waals surface area contributed by atoms with Crippen LogP contribution in [-0.2, 0) is 23.4 Å². The third-order valence-electron chi connectivity index (χ3n) is 5.55. The molecule has 0 amide bonds. The van der Waals surface area contributed by atoms with E-state index in [0.29, 0.717) is 0 Å². The second-order valence-corrected chi connectivity index (χ2v) is 10.8. The number of rotatable bonds is 10. The second kappa shape index (κ2) is 11.3. The molecule has 12 nitrogen and oxygen atoms in total. The van der Waals surface area contributed by atoms with Gasteiger partial charge >= 0.3 is 19.4 Å². The minimum atomic E-state index is -4.31. The molecule has 3 N–H and O–H groups in total. The summed E-state index contributed by atoms with van der Waals surface area (Å²) in [5.41, 5.74) is -3.94. The highest BCUT2D eigenvalue weighted by Crippen LogP contribution is 2.47. The first-order chi connectivity index (χ1) is 17.2. The van der Waals surface area contributed by atoms with Gasteiger partial charge in [-0.05, 0) is 46.8 Å². The van der Waals surface area contributed by atoms with E-state index in [9.17, 15) is 24.1 Å². The average molecular weight is 543 g/mol. The SMILES string of the molecule is Cc1cn(C2OC(COP(=O)(NC(C)C(=O)OC(C)C)Oc3ccccc3)C(O)C2(C)F)c(=O)[nH]c1=O. The molecule has 3 rings (SSSR count). The fourth-order valence-electron chi connectivity index (χ4n) is 3.62. The molecule has 0 saturated carbocycles. The van der Waals surface area contributed by atoms with Crippen LogP contribution in [0.3, 0.4) is 0 Å². The van der Waals surface area contributed by atoms with Gasteiger partial charge in [0.1, 0.15) is 24.0 Å². The van der Waals surface area contributed by atoms with Crippen molar-refractivity contribution in [1.82, 2.24) is 14.6 Å². The number of nitrogens with one attached hydrogen (secondary N) is 2. The number of hydrogen-bond donors (Lipinski definition) is 3. The lowest BCUT2D eigenvalue weighted by Gasteiger charge is -2.25. The fourth-order valence-corrected chi connectivity index (χ4v) is 5.12. The number of carbonyl (C=O) groups excluding carboxylic acids is 1. The molecule has 37 heavy (non-hydrogen) atoms. The normalized spacial score (nSPS) is 26.0. The van der Waals surface area contributed by atoms with E-state index in [1.807, 2.05) is 0 Å². The molecule has 1 aromatic carbocycles. The molecule has 1 aliphatic heterocycles. The molecule has 0 bridgehead atoms. The molecule has 0 radical (unpaired) electrons. The standard InChI is InChI=1S/C23H31FN3O9P/c1-13(2)34-20(30)15(4)26-37(32,36-16-9-7-6-8-10-16)33-12-17-18(28)23(5,24)21(35-17)27-11-14(3)19(29)25-22(27)31/h6-11,13,15,17-18,21,28H,12H2,1-5H3,(H,26,32)(H,25,29,31). The Kier molecular flexibility index (Phi) is 8.76. The summed E-state index contributed by atoms with van der Waals surface area (Å²) >= 11 is 0. The van der Waals surface area contributed by atoms with Crippen LogP contribution < -0.4 is 20.9 Å². The van der Waals surface area contributed by atoms with Gasteiger partial charge in [-0.25, -0.2) is 13.8 Å². The number of aromatic nitrogens is 2. The summed E-state index contributed by atoms with van der Waals surface area (Å²) in [5.74, 6) is -0.559. The number of carbonyl (C=O) groups is 1. The summed E-state index contributed by atoms with van der Waals surface area (Å²) in [6.07, 6.45) is -4.14. The lowest BCUT2D eigenvalue weighted by atomic mass is 9.98. The number of ether oxygens (including phenoxy) is 2. The second-order valence-electron chi connectivity index (χ2n) is 9.14. The Bertz CT molecular complexity index is 1260. The van der Waals surface area contributed by atoms with Crippen LogP contribution in [0, 0.1) is 6.92 Å². The van der Waals surface area contributed by atoms with Crippen LogP contribution >= 0.6 is 7.75 Å². The minimum Gasteiger partial charge on any atom is -0.462 e. The van der Waals surface area contributed by atoms with Crippen molar-refractivity contribution in [3.63, 3.8) is 0 Å². The Morgan fingerprint density at radius 1 is 1.30 bits per heavy atom. The van der Waals surface area contributed by atoms with Crippen molar-refractivity contribution in [2.45, 2.75) is 70.9 Å². The number of H-pyrrole nitrogens is 1. The first-order valence-corrected chi connectivity index (χ1v) is 13.1. The number of alkyl halides is 1. The van der Waals surface area contributed by atoms with E-state index in [1.165, 1.54) is 26.0 Å². The number of aromatic amines is 1. The van der Waals surface area contributed by atoms with Gasteiger partial charge in [0.15, 0.2) is 11.9 Å². The van der Waals surface area contributed by atoms with Gasteiger partial charge in [-0.3, -0.25) is 23.7 Å². The zero-order chi connectivity index (χ0) is 27.5. The van der Waals surface area contributed by atoms with Crippen molar-refractivity contribution in [2.75, 3.05) is 6.61 Å². The van der Waals surface area contributed by atoms with Gasteiger partial charge in [0.2, 0.25) is 0 Å². The highest BCUT2D eigenvalue weighted by molar-refractivity contribution is 7.52. The number of para-hydroxylation sites is 1. The van der Waals surface area contributed by atoms with Crippen LogP contribution in [0.15, 0.2) is 46.1 Å². The predicted molar refractivity (Wildman–Crippen MR) is 130 cm³/mol. The Hall–Kier alpha value is -2.83. The van der Waals surface area contributed by atoms with Crippen molar-refractivity contribution in [3.8, 4) is 5.75 Å². The number of halogens is 1. The number of aliphatic hydroxyl groups excluding tert-OH is 1. The summed E-state index contributed by atoms with van der Waals surface area (Å²) < 4.78 is 51.7. The number of aliphatic hydroxyl groups is 1. The maximum atomic E-state index is 15.6. The van der Waals surface area contributed by atoms with Crippen LogP contribution in [-0.4, -0.2) is 57.3 Å². The predicted octanol–water partition coefficient (Wildman–Crippen LogP) is 1.96. The van der Waals surface area contributed by atoms with Crippen LogP contribution in [0.1, 0.15) is 39.5 Å². The molecule has 6 atom stereocenters. The average Bonchev–Trinajstić information content (AvgIpc) is 3.03. The Morgan fingerprint density at radius 2 is 1.95 bits per heavy atom. The summed E-state index contributed by atoms with van der Waals surface area (Å²) in [6.45, 7) is 6.51. The van der Waals surface area contributed by atoms with E-state index in [-0.39, 0.29) is 11.3 Å². The van der Waals surface area contributed by atoms with Crippen molar-refractivity contribution in [2.24, 2.45) is 0 Å². The lowest BCUT2D eigenvalue weighted by Crippen LogP contribution is -2.44. The largest absolute Gasteiger partial charge is 0.462 e. The number of nitrogens with zero attached hydrogens (tertiary/aromatic N) is 1. The summed E-state index contributed by atoms with van der Waals surface area (Å²) in [7, 11) is -4.31. The molecular weight excluding hydrogens is 512 g/mol. The van der Waals surface area contributed by atoms with E-state index >= 15 is 4.39 Å². The molecule has 14 heteroatoms. The molecule has 1 fully saturated rings. The molecule has 0 spiro atoms. The van der Waals surface area contributed by atoms with Crippen LogP contribution in [0.2, 0.25) is 0 Å². The quantitative estimate of drug-likeness (QED) is 0.299. The highest BCUT2D eigenvalue weighted by atomic mass is 31.2. The maximum absolute atomic E-state index is 15.6. The molecule has 0 aliphatic carbocycles. The van der Waals surface area contributed by atoms with Gasteiger partial charge in [-0.2, -0.15) is 5.09 Å². The Labute approximate surface area is 212 Å². The van der Waals surface area contributed by atoms with Crippen LogP contribution in [0.4, 0.5) is 4.39 Å². The summed E-state index contributed by atoms with van der Waals surface area (Å²) in [4.78, 5) is 38.3. The van der Waals surface area contributed by atoms with E-state index < -0.39 is 67.8 Å². The van der Waals surface area contributed by atoms with Crippen molar-refractivity contribution in [3.05, 3.63) is 62.9 Å². The number of benzene rings is 1. The van der Waals surface area contributed by atoms with Crippen molar-refractivity contribution >= 4 is 13.7 Å². The van der Waals surface area contributed by atoms with Crippen LogP contribution in [0.5, 0.6) is 5.75 Å². The molecule has 2 heterocycles. The molecule has 1 aromatic heterocycles. The Balaban J connectivity index is 1.82. The summed E-state index contributed by atoms with van der Waals surface area (Å²) in [5, 5.41) is 13.1. The molecule has 204 valence electrons.